The lowest BCUT2D eigenvalue weighted by atomic mass is 10.2. The van der Waals surface area contributed by atoms with Gasteiger partial charge in [-0.1, -0.05) is 48.5 Å². The van der Waals surface area contributed by atoms with Gasteiger partial charge in [0.1, 0.15) is 6.54 Å². The van der Waals surface area contributed by atoms with Gasteiger partial charge in [-0.2, -0.15) is 0 Å². The molecule has 36 heavy (non-hydrogen) atoms. The molecular formula is C28H27N3O5. The number of benzene rings is 3. The smallest absolute Gasteiger partial charge is 0.325 e. The topological polar surface area (TPSA) is 96.0 Å². The number of esters is 1. The highest BCUT2D eigenvalue weighted by Gasteiger charge is 2.22. The number of nitrogens with one attached hydrogen (secondary N) is 1. The third-order valence-corrected chi connectivity index (χ3v) is 5.82. The predicted molar refractivity (Wildman–Crippen MR) is 135 cm³/mol. The zero-order valence-corrected chi connectivity index (χ0v) is 19.8. The summed E-state index contributed by atoms with van der Waals surface area (Å²) in [6.07, 6.45) is 1.35. The zero-order valence-electron chi connectivity index (χ0n) is 19.8. The van der Waals surface area contributed by atoms with Gasteiger partial charge in [0.15, 0.2) is 6.61 Å². The molecule has 0 aliphatic carbocycles. The molecule has 1 aliphatic rings. The number of hydrogen-bond acceptors (Lipinski definition) is 5. The van der Waals surface area contributed by atoms with Crippen molar-refractivity contribution in [2.24, 2.45) is 0 Å². The summed E-state index contributed by atoms with van der Waals surface area (Å²) in [7, 11) is 0. The summed E-state index contributed by atoms with van der Waals surface area (Å²) in [5.74, 6) is -1.48. The number of amides is 3. The van der Waals surface area contributed by atoms with E-state index in [0.717, 1.165) is 17.7 Å². The van der Waals surface area contributed by atoms with Crippen molar-refractivity contribution in [1.29, 1.82) is 0 Å². The van der Waals surface area contributed by atoms with E-state index in [-0.39, 0.29) is 18.4 Å². The molecule has 0 aromatic heterocycles. The van der Waals surface area contributed by atoms with E-state index in [1.54, 1.807) is 34.1 Å². The Kier molecular flexibility index (Phi) is 8.08. The standard InChI is InChI=1S/C28H27N3O5/c32-25-12-7-17-30(25)24-15-13-22(14-16-24)28(35)29-18-27(34)36-20-26(33)31(23-10-5-2-6-11-23)19-21-8-3-1-4-9-21/h1-6,8-11,13-16H,7,12,17-20H2,(H,29,35). The predicted octanol–water partition coefficient (Wildman–Crippen LogP) is 3.32. The quantitative estimate of drug-likeness (QED) is 0.469. The summed E-state index contributed by atoms with van der Waals surface area (Å²) in [5.41, 5.74) is 2.72. The Balaban J connectivity index is 1.28. The lowest BCUT2D eigenvalue weighted by molar-refractivity contribution is -0.146. The molecule has 3 aromatic carbocycles. The Morgan fingerprint density at radius 1 is 0.889 bits per heavy atom. The highest BCUT2D eigenvalue weighted by Crippen LogP contribution is 2.21. The Morgan fingerprint density at radius 2 is 1.56 bits per heavy atom. The molecule has 8 nitrogen and oxygen atoms in total. The van der Waals surface area contributed by atoms with E-state index in [1.807, 2.05) is 60.7 Å². The monoisotopic (exact) mass is 485 g/mol. The van der Waals surface area contributed by atoms with Crippen LogP contribution in [-0.4, -0.2) is 43.4 Å². The van der Waals surface area contributed by atoms with E-state index >= 15 is 0 Å². The summed E-state index contributed by atoms with van der Waals surface area (Å²) in [4.78, 5) is 52.6. The minimum absolute atomic E-state index is 0.0686. The SMILES string of the molecule is O=C(CNC(=O)c1ccc(N2CCCC2=O)cc1)OCC(=O)N(Cc1ccccc1)c1ccccc1. The van der Waals surface area contributed by atoms with Crippen molar-refractivity contribution < 1.29 is 23.9 Å². The van der Waals surface area contributed by atoms with Gasteiger partial charge in [0, 0.05) is 29.9 Å². The highest BCUT2D eigenvalue weighted by molar-refractivity contribution is 5.99. The zero-order chi connectivity index (χ0) is 25.3. The first-order valence-corrected chi connectivity index (χ1v) is 11.7. The summed E-state index contributed by atoms with van der Waals surface area (Å²) >= 11 is 0. The maximum absolute atomic E-state index is 12.9. The fourth-order valence-electron chi connectivity index (χ4n) is 3.94. The highest BCUT2D eigenvalue weighted by atomic mass is 16.5. The third-order valence-electron chi connectivity index (χ3n) is 5.82. The molecule has 0 atom stereocenters. The molecule has 0 spiro atoms. The summed E-state index contributed by atoms with van der Waals surface area (Å²) in [6.45, 7) is 0.177. The fraction of sp³-hybridized carbons (Fsp3) is 0.214. The maximum atomic E-state index is 12.9. The van der Waals surface area contributed by atoms with Crippen LogP contribution in [0.5, 0.6) is 0 Å². The van der Waals surface area contributed by atoms with Crippen LogP contribution in [0.3, 0.4) is 0 Å². The normalized spacial score (nSPS) is 12.8. The third kappa shape index (κ3) is 6.35. The van der Waals surface area contributed by atoms with Crippen LogP contribution in [-0.2, 0) is 25.7 Å². The molecule has 1 fully saturated rings. The van der Waals surface area contributed by atoms with Crippen LogP contribution in [0, 0.1) is 0 Å². The van der Waals surface area contributed by atoms with E-state index < -0.39 is 18.5 Å². The minimum Gasteiger partial charge on any atom is -0.454 e. The second-order valence-electron chi connectivity index (χ2n) is 8.34. The molecule has 3 aromatic rings. The fourth-order valence-corrected chi connectivity index (χ4v) is 3.94. The summed E-state index contributed by atoms with van der Waals surface area (Å²) < 4.78 is 5.14. The van der Waals surface area contributed by atoms with Crippen molar-refractivity contribution in [3.05, 3.63) is 96.1 Å². The van der Waals surface area contributed by atoms with Crippen LogP contribution in [0.1, 0.15) is 28.8 Å². The summed E-state index contributed by atoms with van der Waals surface area (Å²) in [5, 5.41) is 2.50. The van der Waals surface area contributed by atoms with Crippen LogP contribution < -0.4 is 15.1 Å². The van der Waals surface area contributed by atoms with E-state index in [1.165, 1.54) is 0 Å². The maximum Gasteiger partial charge on any atom is 0.325 e. The van der Waals surface area contributed by atoms with E-state index in [9.17, 15) is 19.2 Å². The van der Waals surface area contributed by atoms with E-state index in [2.05, 4.69) is 5.32 Å². The number of rotatable bonds is 9. The minimum atomic E-state index is -0.719. The molecular weight excluding hydrogens is 458 g/mol. The van der Waals surface area contributed by atoms with Crippen molar-refractivity contribution in [1.82, 2.24) is 5.32 Å². The van der Waals surface area contributed by atoms with Gasteiger partial charge in [-0.25, -0.2) is 0 Å². The molecule has 0 saturated carbocycles. The van der Waals surface area contributed by atoms with Gasteiger partial charge in [0.2, 0.25) is 5.91 Å². The Hall–Kier alpha value is -4.46. The number of carbonyl (C=O) groups is 4. The lowest BCUT2D eigenvalue weighted by Gasteiger charge is -2.23. The molecule has 0 bridgehead atoms. The van der Waals surface area contributed by atoms with Crippen molar-refractivity contribution in [2.45, 2.75) is 19.4 Å². The van der Waals surface area contributed by atoms with Crippen LogP contribution >= 0.6 is 0 Å². The first-order valence-electron chi connectivity index (χ1n) is 11.7. The average Bonchev–Trinajstić information content (AvgIpc) is 3.36. The Morgan fingerprint density at radius 3 is 2.19 bits per heavy atom. The van der Waals surface area contributed by atoms with Gasteiger partial charge in [-0.3, -0.25) is 19.2 Å². The van der Waals surface area contributed by atoms with Crippen molar-refractivity contribution in [3.63, 3.8) is 0 Å². The Labute approximate surface area is 209 Å². The molecule has 0 radical (unpaired) electrons. The average molecular weight is 486 g/mol. The van der Waals surface area contributed by atoms with Crippen molar-refractivity contribution in [2.75, 3.05) is 29.5 Å². The number of para-hydroxylation sites is 1. The molecule has 1 aliphatic heterocycles. The van der Waals surface area contributed by atoms with Gasteiger partial charge in [-0.15, -0.1) is 0 Å². The van der Waals surface area contributed by atoms with Crippen LogP contribution in [0.2, 0.25) is 0 Å². The van der Waals surface area contributed by atoms with Crippen molar-refractivity contribution >= 4 is 35.1 Å². The molecule has 184 valence electrons. The number of carbonyl (C=O) groups excluding carboxylic acids is 4. The van der Waals surface area contributed by atoms with Crippen molar-refractivity contribution in [3.8, 4) is 0 Å². The molecule has 4 rings (SSSR count). The number of anilines is 2. The summed E-state index contributed by atoms with van der Waals surface area (Å²) in [6, 6.07) is 25.3. The molecule has 1 heterocycles. The first-order chi connectivity index (χ1) is 17.5. The van der Waals surface area contributed by atoms with Gasteiger partial charge >= 0.3 is 5.97 Å². The van der Waals surface area contributed by atoms with Gasteiger partial charge in [-0.05, 0) is 48.4 Å². The lowest BCUT2D eigenvalue weighted by Crippen LogP contribution is -2.36. The Bertz CT molecular complexity index is 1210. The molecule has 1 N–H and O–H groups in total. The molecule has 1 saturated heterocycles. The number of ether oxygens (including phenoxy) is 1. The van der Waals surface area contributed by atoms with Crippen LogP contribution in [0.15, 0.2) is 84.9 Å². The first kappa shape index (κ1) is 24.7. The van der Waals surface area contributed by atoms with Crippen LogP contribution in [0.25, 0.3) is 0 Å². The number of nitrogens with zero attached hydrogens (tertiary/aromatic N) is 2. The molecule has 3 amide bonds. The molecule has 0 unspecified atom stereocenters. The second kappa shape index (κ2) is 11.8. The van der Waals surface area contributed by atoms with E-state index in [4.69, 9.17) is 4.74 Å². The van der Waals surface area contributed by atoms with Crippen LogP contribution in [0.4, 0.5) is 11.4 Å². The van der Waals surface area contributed by atoms with Gasteiger partial charge in [0.25, 0.3) is 11.8 Å². The largest absolute Gasteiger partial charge is 0.454 e. The van der Waals surface area contributed by atoms with Gasteiger partial charge < -0.3 is 19.9 Å². The second-order valence-corrected chi connectivity index (χ2v) is 8.34. The molecule has 8 heteroatoms. The van der Waals surface area contributed by atoms with Gasteiger partial charge in [0.05, 0.1) is 6.54 Å². The van der Waals surface area contributed by atoms with E-state index in [0.29, 0.717) is 30.8 Å². The number of hydrogen-bond donors (Lipinski definition) is 1.